The van der Waals surface area contributed by atoms with Gasteiger partial charge in [0, 0.05) is 45.3 Å². The monoisotopic (exact) mass is 293 g/mol. The molecule has 3 rings (SSSR count). The maximum absolute atomic E-state index is 12.1. The van der Waals surface area contributed by atoms with Crippen molar-refractivity contribution in [3.63, 3.8) is 0 Å². The molecule has 0 spiro atoms. The van der Waals surface area contributed by atoms with Gasteiger partial charge in [-0.25, -0.2) is 9.97 Å². The molecule has 106 valence electrons. The van der Waals surface area contributed by atoms with Crippen molar-refractivity contribution >= 4 is 28.7 Å². The van der Waals surface area contributed by atoms with Gasteiger partial charge in [-0.05, 0) is 6.07 Å². The first-order valence-electron chi connectivity index (χ1n) is 6.69. The van der Waals surface area contributed by atoms with Crippen LogP contribution < -0.4 is 5.32 Å². The number of nitrogens with one attached hydrogen (secondary N) is 1. The minimum absolute atomic E-state index is 0.183. The molecule has 1 aliphatic heterocycles. The molecule has 0 aliphatic carbocycles. The molecule has 6 nitrogen and oxygen atoms in total. The molecular formula is C13H16ClN5O. The van der Waals surface area contributed by atoms with Crippen LogP contribution in [0.1, 0.15) is 6.42 Å². The average Bonchev–Trinajstić information content (AvgIpc) is 2.88. The van der Waals surface area contributed by atoms with Gasteiger partial charge in [0.15, 0.2) is 5.65 Å². The number of piperazine rings is 1. The van der Waals surface area contributed by atoms with Gasteiger partial charge in [-0.1, -0.05) is 11.6 Å². The van der Waals surface area contributed by atoms with Crippen LogP contribution in [0.3, 0.4) is 0 Å². The van der Waals surface area contributed by atoms with Crippen LogP contribution in [0.25, 0.3) is 11.2 Å². The first-order valence-corrected chi connectivity index (χ1v) is 7.07. The zero-order chi connectivity index (χ0) is 13.9. The van der Waals surface area contributed by atoms with Gasteiger partial charge in [0.25, 0.3) is 0 Å². The second-order valence-electron chi connectivity index (χ2n) is 4.82. The van der Waals surface area contributed by atoms with E-state index in [9.17, 15) is 4.79 Å². The Morgan fingerprint density at radius 1 is 1.35 bits per heavy atom. The molecule has 1 N–H and O–H groups in total. The number of halogens is 1. The normalized spacial score (nSPS) is 15.8. The van der Waals surface area contributed by atoms with Crippen molar-refractivity contribution in [2.24, 2.45) is 0 Å². The number of hydrogen-bond acceptors (Lipinski definition) is 4. The third kappa shape index (κ3) is 2.76. The Morgan fingerprint density at radius 2 is 2.15 bits per heavy atom. The lowest BCUT2D eigenvalue weighted by Gasteiger charge is -2.27. The highest BCUT2D eigenvalue weighted by atomic mass is 35.5. The van der Waals surface area contributed by atoms with Crippen molar-refractivity contribution in [2.45, 2.75) is 13.0 Å². The molecule has 1 saturated heterocycles. The second-order valence-corrected chi connectivity index (χ2v) is 5.25. The van der Waals surface area contributed by atoms with E-state index >= 15 is 0 Å². The third-order valence-corrected chi connectivity index (χ3v) is 3.67. The summed E-state index contributed by atoms with van der Waals surface area (Å²) in [5.74, 6) is 0.183. The van der Waals surface area contributed by atoms with Crippen molar-refractivity contribution in [1.29, 1.82) is 0 Å². The standard InChI is InChI=1S/C13H16ClN5O/c14-10-7-11-13(16-8-10)19(9-17-11)4-1-12(20)18-5-2-15-3-6-18/h7-9,15H,1-6H2. The second kappa shape index (κ2) is 5.76. The number of aromatic nitrogens is 3. The van der Waals surface area contributed by atoms with Crippen LogP contribution in [0.15, 0.2) is 18.6 Å². The Hall–Kier alpha value is -1.66. The fourth-order valence-electron chi connectivity index (χ4n) is 2.38. The molecule has 3 heterocycles. The highest BCUT2D eigenvalue weighted by molar-refractivity contribution is 6.31. The molecule has 1 amide bonds. The zero-order valence-electron chi connectivity index (χ0n) is 11.0. The summed E-state index contributed by atoms with van der Waals surface area (Å²) in [4.78, 5) is 22.5. The van der Waals surface area contributed by atoms with Crippen LogP contribution in [-0.2, 0) is 11.3 Å². The summed E-state index contributed by atoms with van der Waals surface area (Å²) in [6.07, 6.45) is 3.77. The summed E-state index contributed by atoms with van der Waals surface area (Å²) in [5.41, 5.74) is 1.52. The molecule has 0 aromatic carbocycles. The first kappa shape index (κ1) is 13.3. The Bertz CT molecular complexity index is 620. The van der Waals surface area contributed by atoms with Crippen LogP contribution in [0.4, 0.5) is 0 Å². The van der Waals surface area contributed by atoms with E-state index in [0.717, 1.165) is 37.3 Å². The van der Waals surface area contributed by atoms with E-state index in [1.807, 2.05) is 9.47 Å². The van der Waals surface area contributed by atoms with Gasteiger partial charge in [0.1, 0.15) is 5.52 Å². The van der Waals surface area contributed by atoms with Gasteiger partial charge in [-0.15, -0.1) is 0 Å². The predicted molar refractivity (Wildman–Crippen MR) is 76.6 cm³/mol. The molecule has 0 bridgehead atoms. The summed E-state index contributed by atoms with van der Waals surface area (Å²) in [6, 6.07) is 1.78. The minimum Gasteiger partial charge on any atom is -0.340 e. The summed E-state index contributed by atoms with van der Waals surface area (Å²) in [6.45, 7) is 3.92. The fraction of sp³-hybridized carbons (Fsp3) is 0.462. The van der Waals surface area contributed by atoms with Gasteiger partial charge in [-0.3, -0.25) is 4.79 Å². The molecule has 0 radical (unpaired) electrons. The Morgan fingerprint density at radius 3 is 2.95 bits per heavy atom. The van der Waals surface area contributed by atoms with Gasteiger partial charge in [0.05, 0.1) is 11.3 Å². The number of carbonyl (C=O) groups excluding carboxylic acids is 1. The summed E-state index contributed by atoms with van der Waals surface area (Å²) < 4.78 is 1.89. The Labute approximate surface area is 121 Å². The minimum atomic E-state index is 0.183. The number of fused-ring (bicyclic) bond motifs is 1. The molecular weight excluding hydrogens is 278 g/mol. The number of nitrogens with zero attached hydrogens (tertiary/aromatic N) is 4. The van der Waals surface area contributed by atoms with E-state index in [1.165, 1.54) is 0 Å². The van der Waals surface area contributed by atoms with E-state index in [1.54, 1.807) is 18.6 Å². The summed E-state index contributed by atoms with van der Waals surface area (Å²) in [5, 5.41) is 3.81. The number of amides is 1. The maximum atomic E-state index is 12.1. The highest BCUT2D eigenvalue weighted by Gasteiger charge is 2.16. The number of aryl methyl sites for hydroxylation is 1. The molecule has 2 aromatic heterocycles. The molecule has 1 fully saturated rings. The van der Waals surface area contributed by atoms with Crippen LogP contribution >= 0.6 is 11.6 Å². The SMILES string of the molecule is O=C(CCn1cnc2cc(Cl)cnc21)N1CCNCC1. The topological polar surface area (TPSA) is 63.1 Å². The van der Waals surface area contributed by atoms with Gasteiger partial charge in [-0.2, -0.15) is 0 Å². The number of rotatable bonds is 3. The van der Waals surface area contributed by atoms with Crippen molar-refractivity contribution < 1.29 is 4.79 Å². The lowest BCUT2D eigenvalue weighted by molar-refractivity contribution is -0.131. The van der Waals surface area contributed by atoms with Gasteiger partial charge in [0.2, 0.25) is 5.91 Å². The van der Waals surface area contributed by atoms with Crippen LogP contribution in [-0.4, -0.2) is 51.5 Å². The Kier molecular flexibility index (Phi) is 3.84. The number of imidazole rings is 1. The summed E-state index contributed by atoms with van der Waals surface area (Å²) in [7, 11) is 0. The smallest absolute Gasteiger partial charge is 0.224 e. The molecule has 0 unspecified atom stereocenters. The average molecular weight is 294 g/mol. The van der Waals surface area contributed by atoms with Gasteiger partial charge >= 0.3 is 0 Å². The molecule has 20 heavy (non-hydrogen) atoms. The maximum Gasteiger partial charge on any atom is 0.224 e. The van der Waals surface area contributed by atoms with Crippen molar-refractivity contribution in [2.75, 3.05) is 26.2 Å². The largest absolute Gasteiger partial charge is 0.340 e. The lowest BCUT2D eigenvalue weighted by Crippen LogP contribution is -2.46. The number of hydrogen-bond donors (Lipinski definition) is 1. The van der Waals surface area contributed by atoms with E-state index < -0.39 is 0 Å². The summed E-state index contributed by atoms with van der Waals surface area (Å²) >= 11 is 5.88. The highest BCUT2D eigenvalue weighted by Crippen LogP contribution is 2.15. The van der Waals surface area contributed by atoms with E-state index in [4.69, 9.17) is 11.6 Å². The van der Waals surface area contributed by atoms with Gasteiger partial charge < -0.3 is 14.8 Å². The van der Waals surface area contributed by atoms with Crippen LogP contribution in [0.5, 0.6) is 0 Å². The van der Waals surface area contributed by atoms with E-state index in [0.29, 0.717) is 18.0 Å². The van der Waals surface area contributed by atoms with Crippen LogP contribution in [0.2, 0.25) is 5.02 Å². The molecule has 0 atom stereocenters. The number of carbonyl (C=O) groups is 1. The van der Waals surface area contributed by atoms with Crippen LogP contribution in [0, 0.1) is 0 Å². The predicted octanol–water partition coefficient (Wildman–Crippen LogP) is 0.907. The van der Waals surface area contributed by atoms with E-state index in [-0.39, 0.29) is 5.91 Å². The van der Waals surface area contributed by atoms with E-state index in [2.05, 4.69) is 15.3 Å². The fourth-order valence-corrected chi connectivity index (χ4v) is 2.53. The quantitative estimate of drug-likeness (QED) is 0.913. The molecule has 1 aliphatic rings. The zero-order valence-corrected chi connectivity index (χ0v) is 11.8. The van der Waals surface area contributed by atoms with Crippen molar-refractivity contribution in [3.05, 3.63) is 23.6 Å². The number of pyridine rings is 1. The third-order valence-electron chi connectivity index (χ3n) is 3.46. The van der Waals surface area contributed by atoms with Crippen molar-refractivity contribution in [1.82, 2.24) is 24.8 Å². The molecule has 2 aromatic rings. The lowest BCUT2D eigenvalue weighted by atomic mass is 10.3. The Balaban J connectivity index is 1.66. The first-order chi connectivity index (χ1) is 9.74. The molecule has 7 heteroatoms. The van der Waals surface area contributed by atoms with Crippen molar-refractivity contribution in [3.8, 4) is 0 Å². The molecule has 0 saturated carbocycles.